The van der Waals surface area contributed by atoms with Crippen LogP contribution >= 0.6 is 12.6 Å². The van der Waals surface area contributed by atoms with Crippen molar-refractivity contribution in [3.05, 3.63) is 69.3 Å². The molecular formula is C34H36FeN4O4S. The molecular weight excluding hydrogens is 616 g/mol. The molecule has 0 radical (unpaired) electrons. The third-order valence-corrected chi connectivity index (χ3v) is 8.77. The van der Waals surface area contributed by atoms with Gasteiger partial charge in [-0.1, -0.05) is 47.9 Å². The van der Waals surface area contributed by atoms with Crippen LogP contribution in [0.15, 0.2) is 24.3 Å². The topological polar surface area (TPSA) is 129 Å². The standard InChI is InChI=1S/C34H38N4O4S.Fe/c1-7-21-16(2)24-12-25-17(3)22(8-10-32(39)40)29(36-25)15-30-23(9-11-33(41)42)18(4)26(37-30)14-31-34(20(6)43)19(5)27(38-31)13-28(21)35-24;/h12-15,20H,7-11H2,1-6H3,(H5,35,36,37,38,39,40,41,42,43);/q;+2/p-2/t20-;/m0./s1. The molecule has 10 heteroatoms. The Hall–Kier alpha value is -3.59. The minimum Gasteiger partial charge on any atom is -0.657 e. The Morgan fingerprint density at radius 1 is 0.750 bits per heavy atom. The summed E-state index contributed by atoms with van der Waals surface area (Å²) >= 11 is 4.79. The SMILES string of the molecule is CCC1=C(C)c2cc3[n-]c(cc4nc(cc5[n-]c(cc1n2)c(C)c5[C@H](C)S)C(C)=C4CCC(=O)O)c(CCC(=O)O)c3C.[Fe+2]. The van der Waals surface area contributed by atoms with Gasteiger partial charge in [-0.15, -0.1) is 22.1 Å². The third kappa shape index (κ3) is 6.29. The quantitative estimate of drug-likeness (QED) is 0.171. The maximum atomic E-state index is 11.6. The summed E-state index contributed by atoms with van der Waals surface area (Å²) in [5.74, 6) is -1.77. The Morgan fingerprint density at radius 3 is 1.82 bits per heavy atom. The van der Waals surface area contributed by atoms with E-state index in [1.54, 1.807) is 0 Å². The molecule has 0 aromatic carbocycles. The van der Waals surface area contributed by atoms with Crippen LogP contribution in [0.1, 0.15) is 104 Å². The second-order valence-corrected chi connectivity index (χ2v) is 12.0. The van der Waals surface area contributed by atoms with Crippen molar-refractivity contribution in [3.63, 3.8) is 0 Å². The van der Waals surface area contributed by atoms with E-state index >= 15 is 0 Å². The molecule has 0 unspecified atom stereocenters. The van der Waals surface area contributed by atoms with E-state index in [1.165, 1.54) is 0 Å². The van der Waals surface area contributed by atoms with E-state index in [4.69, 9.17) is 32.6 Å². The van der Waals surface area contributed by atoms with Gasteiger partial charge in [-0.25, -0.2) is 9.97 Å². The number of carboxylic acids is 2. The van der Waals surface area contributed by atoms with Gasteiger partial charge in [0.15, 0.2) is 0 Å². The molecule has 2 aliphatic heterocycles. The molecule has 1 atom stereocenters. The van der Waals surface area contributed by atoms with Crippen molar-refractivity contribution < 1.29 is 36.9 Å². The molecule has 0 spiro atoms. The third-order valence-electron chi connectivity index (χ3n) is 8.51. The van der Waals surface area contributed by atoms with E-state index in [1.807, 2.05) is 45.0 Å². The van der Waals surface area contributed by atoms with Crippen molar-refractivity contribution >= 4 is 68.9 Å². The number of rotatable bonds is 8. The van der Waals surface area contributed by atoms with Gasteiger partial charge >= 0.3 is 29.0 Å². The summed E-state index contributed by atoms with van der Waals surface area (Å²) < 4.78 is 0. The van der Waals surface area contributed by atoms with Crippen LogP contribution in [0.3, 0.4) is 0 Å². The number of hydrogen-bond donors (Lipinski definition) is 3. The van der Waals surface area contributed by atoms with E-state index in [9.17, 15) is 19.8 Å². The summed E-state index contributed by atoms with van der Waals surface area (Å²) in [6, 6.07) is 7.84. The summed E-state index contributed by atoms with van der Waals surface area (Å²) in [5.41, 5.74) is 13.7. The smallest absolute Gasteiger partial charge is 0.657 e. The monoisotopic (exact) mass is 652 g/mol. The van der Waals surface area contributed by atoms with Crippen molar-refractivity contribution in [2.75, 3.05) is 0 Å². The minimum atomic E-state index is -0.889. The van der Waals surface area contributed by atoms with Crippen molar-refractivity contribution in [1.29, 1.82) is 0 Å². The molecule has 0 saturated carbocycles. The zero-order valence-corrected chi connectivity index (χ0v) is 27.7. The van der Waals surface area contributed by atoms with Gasteiger partial charge in [-0.2, -0.15) is 12.6 Å². The van der Waals surface area contributed by atoms with Crippen molar-refractivity contribution in [3.8, 4) is 0 Å². The molecule has 0 aliphatic carbocycles. The van der Waals surface area contributed by atoms with Gasteiger partial charge in [-0.3, -0.25) is 9.59 Å². The number of carbonyl (C=O) groups is 2. The summed E-state index contributed by atoms with van der Waals surface area (Å²) in [4.78, 5) is 43.1. The first-order valence-electron chi connectivity index (χ1n) is 14.6. The predicted molar refractivity (Wildman–Crippen MR) is 174 cm³/mol. The van der Waals surface area contributed by atoms with Crippen molar-refractivity contribution in [2.45, 2.75) is 78.9 Å². The molecule has 8 nitrogen and oxygen atoms in total. The molecule has 2 aliphatic rings. The van der Waals surface area contributed by atoms with Gasteiger partial charge in [0.1, 0.15) is 0 Å². The zero-order chi connectivity index (χ0) is 31.2. The van der Waals surface area contributed by atoms with E-state index in [0.717, 1.165) is 78.9 Å². The number of aliphatic carboxylic acids is 2. The molecule has 230 valence electrons. The maximum absolute atomic E-state index is 11.6. The molecule has 2 N–H and O–H groups in total. The first kappa shape index (κ1) is 33.3. The molecule has 3 aromatic heterocycles. The summed E-state index contributed by atoms with van der Waals surface area (Å²) in [5, 5.41) is 18.9. The van der Waals surface area contributed by atoms with Gasteiger partial charge in [0.05, 0.1) is 22.8 Å². The van der Waals surface area contributed by atoms with Crippen LogP contribution in [0, 0.1) is 13.8 Å². The van der Waals surface area contributed by atoms with Gasteiger partial charge < -0.3 is 20.2 Å². The Balaban J connectivity index is 0.00000442. The number of aromatic nitrogens is 4. The van der Waals surface area contributed by atoms with Crippen LogP contribution < -0.4 is 9.97 Å². The van der Waals surface area contributed by atoms with Crippen LogP contribution in [0.5, 0.6) is 0 Å². The summed E-state index contributed by atoms with van der Waals surface area (Å²) in [6.07, 6.45) is 1.35. The maximum Gasteiger partial charge on any atom is 2.00 e. The molecule has 0 amide bonds. The number of fused-ring (bicyclic) bond motifs is 8. The van der Waals surface area contributed by atoms with Crippen LogP contribution in [0.4, 0.5) is 0 Å². The summed E-state index contributed by atoms with van der Waals surface area (Å²) in [7, 11) is 0. The zero-order valence-electron chi connectivity index (χ0n) is 25.7. The molecule has 0 saturated heterocycles. The number of hydrogen-bond acceptors (Lipinski definition) is 5. The first-order chi connectivity index (χ1) is 20.4. The Morgan fingerprint density at radius 2 is 1.23 bits per heavy atom. The molecule has 5 rings (SSSR count). The fraction of sp³-hybridized carbons (Fsp3) is 0.353. The van der Waals surface area contributed by atoms with Gasteiger partial charge in [0.2, 0.25) is 0 Å². The Kier molecular flexibility index (Phi) is 9.98. The van der Waals surface area contributed by atoms with E-state index in [-0.39, 0.29) is 35.2 Å². The number of carboxylic acid groups (broad SMARTS) is 2. The second kappa shape index (κ2) is 13.2. The summed E-state index contributed by atoms with van der Waals surface area (Å²) in [6.45, 7) is 12.2. The van der Waals surface area contributed by atoms with Gasteiger partial charge in [-0.05, 0) is 81.7 Å². The largest absolute Gasteiger partial charge is 2.00 e. The molecule has 44 heavy (non-hydrogen) atoms. The fourth-order valence-electron chi connectivity index (χ4n) is 6.10. The Bertz CT molecular complexity index is 1900. The van der Waals surface area contributed by atoms with Gasteiger partial charge in [0, 0.05) is 18.1 Å². The van der Waals surface area contributed by atoms with Crippen molar-refractivity contribution in [2.24, 2.45) is 0 Å². The molecule has 3 aromatic rings. The van der Waals surface area contributed by atoms with Gasteiger partial charge in [0.25, 0.3) is 0 Å². The molecule has 5 heterocycles. The van der Waals surface area contributed by atoms with Crippen LogP contribution in [-0.4, -0.2) is 32.1 Å². The average molecular weight is 653 g/mol. The predicted octanol–water partition coefficient (Wildman–Crippen LogP) is 7.33. The average Bonchev–Trinajstić information content (AvgIpc) is 3.59. The number of nitrogens with zero attached hydrogens (tertiary/aromatic N) is 4. The van der Waals surface area contributed by atoms with Crippen LogP contribution in [-0.2, 0) is 33.1 Å². The van der Waals surface area contributed by atoms with Crippen LogP contribution in [0.2, 0.25) is 0 Å². The normalized spacial score (nSPS) is 13.7. The second-order valence-electron chi connectivity index (χ2n) is 11.3. The van der Waals surface area contributed by atoms with Crippen LogP contribution in [0.25, 0.3) is 44.4 Å². The first-order valence-corrected chi connectivity index (χ1v) is 15.1. The fourth-order valence-corrected chi connectivity index (χ4v) is 6.43. The minimum absolute atomic E-state index is 0. The van der Waals surface area contributed by atoms with E-state index < -0.39 is 11.9 Å². The number of thiol groups is 1. The van der Waals surface area contributed by atoms with E-state index in [0.29, 0.717) is 29.7 Å². The molecule has 0 fully saturated rings. The Labute approximate surface area is 273 Å². The number of aryl methyl sites for hydroxylation is 3. The van der Waals surface area contributed by atoms with E-state index in [2.05, 4.69) is 20.8 Å². The molecule has 8 bridgehead atoms. The van der Waals surface area contributed by atoms with Crippen molar-refractivity contribution in [1.82, 2.24) is 19.9 Å². The number of allylic oxidation sites excluding steroid dienone is 4.